The molecule has 0 aliphatic heterocycles. The van der Waals surface area contributed by atoms with E-state index in [0.29, 0.717) is 42.5 Å². The first-order valence-corrected chi connectivity index (χ1v) is 12.3. The third-order valence-electron chi connectivity index (χ3n) is 5.55. The Labute approximate surface area is 200 Å². The van der Waals surface area contributed by atoms with Crippen LogP contribution in [0.15, 0.2) is 53.6 Å². The number of carbonyl (C=O) groups is 1. The molecule has 0 aliphatic rings. The van der Waals surface area contributed by atoms with E-state index >= 15 is 0 Å². The van der Waals surface area contributed by atoms with Crippen molar-refractivity contribution in [2.45, 2.75) is 32.2 Å². The Morgan fingerprint density at radius 3 is 2.44 bits per heavy atom. The molecule has 0 saturated heterocycles. The number of hydrogen-bond acceptors (Lipinski definition) is 6. The van der Waals surface area contributed by atoms with Crippen molar-refractivity contribution in [1.29, 1.82) is 0 Å². The fourth-order valence-corrected chi connectivity index (χ4v) is 5.33. The minimum atomic E-state index is -3.70. The molecule has 182 valence electrons. The fourth-order valence-electron chi connectivity index (χ4n) is 3.62. The van der Waals surface area contributed by atoms with Gasteiger partial charge in [0.25, 0.3) is 5.91 Å². The van der Waals surface area contributed by atoms with Gasteiger partial charge in [-0.05, 0) is 36.8 Å². The maximum absolute atomic E-state index is 13.0. The molecule has 0 spiro atoms. The van der Waals surface area contributed by atoms with Crippen LogP contribution in [0.2, 0.25) is 0 Å². The van der Waals surface area contributed by atoms with Crippen LogP contribution in [0.5, 0.6) is 11.5 Å². The molecule has 9 nitrogen and oxygen atoms in total. The summed E-state index contributed by atoms with van der Waals surface area (Å²) in [5, 5.41) is 7.14. The lowest BCUT2D eigenvalue weighted by Gasteiger charge is -2.20. The largest absolute Gasteiger partial charge is 0.497 e. The molecule has 0 unspecified atom stereocenters. The second-order valence-corrected chi connectivity index (χ2v) is 9.48. The summed E-state index contributed by atoms with van der Waals surface area (Å²) in [7, 11) is -0.543. The highest BCUT2D eigenvalue weighted by molar-refractivity contribution is 7.89. The molecule has 3 aromatic rings. The van der Waals surface area contributed by atoms with Crippen molar-refractivity contribution >= 4 is 21.7 Å². The van der Waals surface area contributed by atoms with Gasteiger partial charge in [0.05, 0.1) is 31.9 Å². The first-order chi connectivity index (χ1) is 16.2. The van der Waals surface area contributed by atoms with Crippen LogP contribution in [0.4, 0.5) is 5.82 Å². The van der Waals surface area contributed by atoms with Gasteiger partial charge in [0.15, 0.2) is 0 Å². The van der Waals surface area contributed by atoms with Gasteiger partial charge in [-0.25, -0.2) is 13.1 Å². The highest BCUT2D eigenvalue weighted by Crippen LogP contribution is 2.26. The molecule has 0 saturated carbocycles. The van der Waals surface area contributed by atoms with Crippen molar-refractivity contribution < 1.29 is 22.7 Å². The normalized spacial score (nSPS) is 11.5. The summed E-state index contributed by atoms with van der Waals surface area (Å²) in [4.78, 5) is 13.1. The molecule has 1 N–H and O–H groups in total. The summed E-state index contributed by atoms with van der Waals surface area (Å²) in [6.45, 7) is 6.34. The number of benzene rings is 2. The second-order valence-electron chi connectivity index (χ2n) is 7.58. The molecule has 3 rings (SSSR count). The Morgan fingerprint density at radius 2 is 1.79 bits per heavy atom. The SMILES string of the molecule is CCN(CC)S(=O)(=O)c1cc(C(=O)Nc2ccnn2Cc2ccc(OC)cc2OC)ccc1C. The van der Waals surface area contributed by atoms with Gasteiger partial charge < -0.3 is 14.8 Å². The van der Waals surface area contributed by atoms with Crippen molar-refractivity contribution in [3.8, 4) is 11.5 Å². The van der Waals surface area contributed by atoms with Crippen molar-refractivity contribution in [2.24, 2.45) is 0 Å². The lowest BCUT2D eigenvalue weighted by Crippen LogP contribution is -2.31. The smallest absolute Gasteiger partial charge is 0.256 e. The van der Waals surface area contributed by atoms with E-state index in [0.717, 1.165) is 5.56 Å². The molecule has 0 aliphatic carbocycles. The molecule has 0 radical (unpaired) electrons. The van der Waals surface area contributed by atoms with E-state index in [9.17, 15) is 13.2 Å². The van der Waals surface area contributed by atoms with E-state index in [2.05, 4.69) is 10.4 Å². The van der Waals surface area contributed by atoms with E-state index in [1.807, 2.05) is 12.1 Å². The summed E-state index contributed by atoms with van der Waals surface area (Å²) in [6, 6.07) is 11.8. The standard InChI is InChI=1S/C24H30N4O5S/c1-6-27(7-2)34(30,31)22-14-18(9-8-17(22)3)24(29)26-23-12-13-25-28(23)16-19-10-11-20(32-4)15-21(19)33-5/h8-15H,6-7,16H2,1-5H3,(H,26,29). The highest BCUT2D eigenvalue weighted by Gasteiger charge is 2.25. The van der Waals surface area contributed by atoms with Crippen LogP contribution in [0, 0.1) is 6.92 Å². The molecule has 0 atom stereocenters. The molecular formula is C24H30N4O5S. The number of methoxy groups -OCH3 is 2. The van der Waals surface area contributed by atoms with Gasteiger partial charge in [-0.3, -0.25) is 4.79 Å². The summed E-state index contributed by atoms with van der Waals surface area (Å²) in [5.41, 5.74) is 1.68. The van der Waals surface area contributed by atoms with Crippen LogP contribution < -0.4 is 14.8 Å². The lowest BCUT2D eigenvalue weighted by molar-refractivity contribution is 0.102. The second kappa shape index (κ2) is 10.7. The van der Waals surface area contributed by atoms with Crippen LogP contribution >= 0.6 is 0 Å². The predicted octanol–water partition coefficient (Wildman–Crippen LogP) is 3.54. The Hall–Kier alpha value is -3.37. The number of aryl methyl sites for hydroxylation is 1. The van der Waals surface area contributed by atoms with Gasteiger partial charge in [0.2, 0.25) is 10.0 Å². The number of aromatic nitrogens is 2. The maximum Gasteiger partial charge on any atom is 0.256 e. The van der Waals surface area contributed by atoms with Crippen molar-refractivity contribution in [2.75, 3.05) is 32.6 Å². The van der Waals surface area contributed by atoms with Crippen molar-refractivity contribution in [3.63, 3.8) is 0 Å². The Kier molecular flexibility index (Phi) is 7.95. The zero-order valence-electron chi connectivity index (χ0n) is 20.0. The number of nitrogens with zero attached hydrogens (tertiary/aromatic N) is 3. The molecule has 0 bridgehead atoms. The predicted molar refractivity (Wildman–Crippen MR) is 130 cm³/mol. The van der Waals surface area contributed by atoms with Crippen LogP contribution in [-0.2, 0) is 16.6 Å². The minimum absolute atomic E-state index is 0.125. The average Bonchev–Trinajstić information content (AvgIpc) is 3.26. The summed E-state index contributed by atoms with van der Waals surface area (Å²) < 4.78 is 39.7. The number of sulfonamides is 1. The summed E-state index contributed by atoms with van der Waals surface area (Å²) >= 11 is 0. The van der Waals surface area contributed by atoms with Gasteiger partial charge in [0, 0.05) is 36.3 Å². The number of hydrogen-bond donors (Lipinski definition) is 1. The van der Waals surface area contributed by atoms with Crippen LogP contribution in [0.25, 0.3) is 0 Å². The maximum atomic E-state index is 13.0. The number of amides is 1. The van der Waals surface area contributed by atoms with Crippen LogP contribution in [0.1, 0.15) is 35.3 Å². The third kappa shape index (κ3) is 5.23. The van der Waals surface area contributed by atoms with Crippen LogP contribution in [0.3, 0.4) is 0 Å². The molecule has 10 heteroatoms. The molecule has 0 fully saturated rings. The Bertz CT molecular complexity index is 1270. The Morgan fingerprint density at radius 1 is 1.06 bits per heavy atom. The monoisotopic (exact) mass is 486 g/mol. The summed E-state index contributed by atoms with van der Waals surface area (Å²) in [5.74, 6) is 1.34. The molecule has 2 aromatic carbocycles. The third-order valence-corrected chi connectivity index (χ3v) is 7.74. The Balaban J connectivity index is 1.86. The number of rotatable bonds is 10. The molecule has 1 aromatic heterocycles. The van der Waals surface area contributed by atoms with E-state index < -0.39 is 15.9 Å². The van der Waals surface area contributed by atoms with E-state index in [1.54, 1.807) is 70.1 Å². The number of ether oxygens (including phenoxy) is 2. The zero-order chi connectivity index (χ0) is 24.9. The average molecular weight is 487 g/mol. The molecule has 34 heavy (non-hydrogen) atoms. The highest BCUT2D eigenvalue weighted by atomic mass is 32.2. The fraction of sp³-hybridized carbons (Fsp3) is 0.333. The number of nitrogens with one attached hydrogen (secondary N) is 1. The van der Waals surface area contributed by atoms with E-state index in [-0.39, 0.29) is 10.5 Å². The number of anilines is 1. The van der Waals surface area contributed by atoms with Gasteiger partial charge in [-0.1, -0.05) is 19.9 Å². The van der Waals surface area contributed by atoms with Gasteiger partial charge in [-0.2, -0.15) is 9.40 Å². The molecular weight excluding hydrogens is 456 g/mol. The topological polar surface area (TPSA) is 103 Å². The molecule has 1 amide bonds. The first kappa shape index (κ1) is 25.3. The lowest BCUT2D eigenvalue weighted by atomic mass is 10.1. The molecule has 1 heterocycles. The van der Waals surface area contributed by atoms with Gasteiger partial charge in [-0.15, -0.1) is 0 Å². The van der Waals surface area contributed by atoms with E-state index in [1.165, 1.54) is 10.4 Å². The first-order valence-electron chi connectivity index (χ1n) is 10.9. The van der Waals surface area contributed by atoms with Crippen LogP contribution in [-0.4, -0.2) is 55.7 Å². The van der Waals surface area contributed by atoms with E-state index in [4.69, 9.17) is 9.47 Å². The van der Waals surface area contributed by atoms with Crippen molar-refractivity contribution in [3.05, 3.63) is 65.4 Å². The number of carbonyl (C=O) groups excluding carboxylic acids is 1. The van der Waals surface area contributed by atoms with Crippen molar-refractivity contribution in [1.82, 2.24) is 14.1 Å². The quantitative estimate of drug-likeness (QED) is 0.470. The zero-order valence-corrected chi connectivity index (χ0v) is 20.8. The van der Waals surface area contributed by atoms with Gasteiger partial charge >= 0.3 is 0 Å². The minimum Gasteiger partial charge on any atom is -0.497 e. The summed E-state index contributed by atoms with van der Waals surface area (Å²) in [6.07, 6.45) is 1.58. The van der Waals surface area contributed by atoms with Gasteiger partial charge in [0.1, 0.15) is 17.3 Å².